The Morgan fingerprint density at radius 2 is 1.51 bits per heavy atom. The van der Waals surface area contributed by atoms with Gasteiger partial charge in [0.05, 0.1) is 44.9 Å². The second-order valence-corrected chi connectivity index (χ2v) is 10.1. The fourth-order valence-electron chi connectivity index (χ4n) is 4.61. The number of amides is 2. The van der Waals surface area contributed by atoms with E-state index in [9.17, 15) is 14.4 Å². The Bertz CT molecular complexity index is 1340. The molecule has 0 saturated heterocycles. The van der Waals surface area contributed by atoms with Gasteiger partial charge in [0, 0.05) is 12.4 Å². The number of aromatic nitrogens is 1. The molecule has 35 heavy (non-hydrogen) atoms. The van der Waals surface area contributed by atoms with E-state index in [4.69, 9.17) is 27.9 Å². The predicted molar refractivity (Wildman–Crippen MR) is 139 cm³/mol. The van der Waals surface area contributed by atoms with Gasteiger partial charge in [-0.25, -0.2) is 0 Å². The summed E-state index contributed by atoms with van der Waals surface area (Å²) < 4.78 is 7.76. The lowest BCUT2D eigenvalue weighted by molar-refractivity contribution is 0.0553. The van der Waals surface area contributed by atoms with Gasteiger partial charge in [0.25, 0.3) is 17.4 Å². The van der Waals surface area contributed by atoms with Crippen LogP contribution in [-0.4, -0.2) is 27.9 Å². The Morgan fingerprint density at radius 3 is 2.06 bits per heavy atom. The highest BCUT2D eigenvalue weighted by Crippen LogP contribution is 2.42. The van der Waals surface area contributed by atoms with Gasteiger partial charge in [-0.15, -0.1) is 0 Å². The summed E-state index contributed by atoms with van der Waals surface area (Å²) >= 11 is 12.6. The largest absolute Gasteiger partial charge is 0.491 e. The maximum atomic E-state index is 13.5. The van der Waals surface area contributed by atoms with Crippen molar-refractivity contribution in [1.29, 1.82) is 0 Å². The summed E-state index contributed by atoms with van der Waals surface area (Å²) in [6.07, 6.45) is 2.17. The van der Waals surface area contributed by atoms with Crippen LogP contribution in [0.15, 0.2) is 41.2 Å². The van der Waals surface area contributed by atoms with Gasteiger partial charge < -0.3 is 9.30 Å². The molecule has 8 heteroatoms. The lowest BCUT2D eigenvalue weighted by Gasteiger charge is -2.31. The number of hydrogen-bond acceptors (Lipinski definition) is 4. The summed E-state index contributed by atoms with van der Waals surface area (Å²) in [7, 11) is 1.64. The van der Waals surface area contributed by atoms with Gasteiger partial charge in [-0.3, -0.25) is 19.3 Å². The number of benzene rings is 2. The molecule has 0 aliphatic carbocycles. The first kappa shape index (κ1) is 25.3. The van der Waals surface area contributed by atoms with E-state index in [1.807, 2.05) is 13.8 Å². The number of rotatable bonds is 8. The van der Waals surface area contributed by atoms with Gasteiger partial charge in [0.1, 0.15) is 5.75 Å². The molecule has 1 atom stereocenters. The van der Waals surface area contributed by atoms with Crippen molar-refractivity contribution in [2.24, 2.45) is 13.0 Å². The quantitative estimate of drug-likeness (QED) is 0.257. The molecule has 6 nitrogen and oxygen atoms in total. The van der Waals surface area contributed by atoms with Crippen molar-refractivity contribution in [2.45, 2.75) is 46.1 Å². The third-order valence-electron chi connectivity index (χ3n) is 6.33. The van der Waals surface area contributed by atoms with Crippen LogP contribution < -0.4 is 10.3 Å². The van der Waals surface area contributed by atoms with Crippen LogP contribution in [0.25, 0.3) is 10.8 Å². The molecule has 184 valence electrons. The Morgan fingerprint density at radius 1 is 0.943 bits per heavy atom. The number of ether oxygens (including phenoxy) is 1. The first-order valence-electron chi connectivity index (χ1n) is 11.8. The Kier molecular flexibility index (Phi) is 7.25. The summed E-state index contributed by atoms with van der Waals surface area (Å²) in [6, 6.07) is 9.24. The van der Waals surface area contributed by atoms with E-state index < -0.39 is 6.04 Å². The number of fused-ring (bicyclic) bond motifs is 2. The van der Waals surface area contributed by atoms with Crippen LogP contribution in [0.2, 0.25) is 10.0 Å². The monoisotopic (exact) mass is 514 g/mol. The molecule has 3 aromatic rings. The van der Waals surface area contributed by atoms with Crippen LogP contribution in [0, 0.1) is 5.92 Å². The molecule has 2 amide bonds. The molecule has 1 aromatic heterocycles. The minimum absolute atomic E-state index is 0.118. The van der Waals surface area contributed by atoms with Crippen molar-refractivity contribution in [3.05, 3.63) is 73.6 Å². The fraction of sp³-hybridized carbons (Fsp3) is 0.370. The fourth-order valence-corrected chi connectivity index (χ4v) is 4.94. The Balaban J connectivity index is 2.00. The molecular formula is C27H28Cl2N2O4. The number of hydrogen-bond donors (Lipinski definition) is 0. The Hall–Kier alpha value is -2.83. The van der Waals surface area contributed by atoms with Gasteiger partial charge in [-0.2, -0.15) is 0 Å². The number of nitrogens with zero attached hydrogens (tertiary/aromatic N) is 2. The van der Waals surface area contributed by atoms with Gasteiger partial charge >= 0.3 is 0 Å². The molecule has 2 heterocycles. The third kappa shape index (κ3) is 4.45. The van der Waals surface area contributed by atoms with E-state index in [1.54, 1.807) is 37.4 Å². The molecule has 0 fully saturated rings. The third-order valence-corrected chi connectivity index (χ3v) is 7.05. The SMILES string of the molecule is CCCCOc1c(C(CC(C)C)N2C(=O)c3ccccc3C2=O)n(C)c(=O)c2cc(Cl)c(Cl)cc12. The van der Waals surface area contributed by atoms with Gasteiger partial charge in [-0.1, -0.05) is 62.5 Å². The molecule has 1 unspecified atom stereocenters. The van der Waals surface area contributed by atoms with Gasteiger partial charge in [0.15, 0.2) is 0 Å². The number of unbranched alkanes of at least 4 members (excludes halogenated alkanes) is 1. The maximum Gasteiger partial charge on any atom is 0.262 e. The Labute approximate surface area is 214 Å². The average Bonchev–Trinajstić information content (AvgIpc) is 3.07. The van der Waals surface area contributed by atoms with Crippen molar-refractivity contribution in [2.75, 3.05) is 6.61 Å². The second kappa shape index (κ2) is 10.0. The zero-order valence-corrected chi connectivity index (χ0v) is 21.7. The lowest BCUT2D eigenvalue weighted by Crippen LogP contribution is -2.38. The molecule has 0 bridgehead atoms. The molecule has 0 radical (unpaired) electrons. The minimum atomic E-state index is -0.712. The smallest absolute Gasteiger partial charge is 0.262 e. The zero-order valence-electron chi connectivity index (χ0n) is 20.2. The molecule has 1 aliphatic rings. The topological polar surface area (TPSA) is 68.6 Å². The summed E-state index contributed by atoms with van der Waals surface area (Å²) in [5.41, 5.74) is 0.891. The second-order valence-electron chi connectivity index (χ2n) is 9.26. The van der Waals surface area contributed by atoms with Crippen molar-refractivity contribution in [3.8, 4) is 5.75 Å². The normalized spacial score (nSPS) is 14.2. The van der Waals surface area contributed by atoms with Crippen molar-refractivity contribution in [1.82, 2.24) is 9.47 Å². The lowest BCUT2D eigenvalue weighted by atomic mass is 9.96. The highest BCUT2D eigenvalue weighted by molar-refractivity contribution is 6.42. The standard InChI is InChI=1S/C27H28Cl2N2O4/c1-5-6-11-35-24-18-13-20(28)21(29)14-19(18)25(32)30(4)23(24)22(12-15(2)3)31-26(33)16-9-7-8-10-17(16)27(31)34/h7-10,13-15,22H,5-6,11-12H2,1-4H3. The first-order valence-corrected chi connectivity index (χ1v) is 12.5. The van der Waals surface area contributed by atoms with Crippen LogP contribution in [0.3, 0.4) is 0 Å². The number of carbonyl (C=O) groups excluding carboxylic acids is 2. The van der Waals surface area contributed by atoms with Crippen LogP contribution in [0.5, 0.6) is 5.75 Å². The summed E-state index contributed by atoms with van der Waals surface area (Å²) in [5, 5.41) is 1.43. The predicted octanol–water partition coefficient (Wildman–Crippen LogP) is 6.41. The summed E-state index contributed by atoms with van der Waals surface area (Å²) in [5.74, 6) is -0.196. The zero-order chi connectivity index (χ0) is 25.4. The molecule has 0 spiro atoms. The molecule has 4 rings (SSSR count). The molecule has 2 aromatic carbocycles. The van der Waals surface area contributed by atoms with Crippen LogP contribution >= 0.6 is 23.2 Å². The number of pyridine rings is 1. The van der Waals surface area contributed by atoms with Crippen molar-refractivity contribution in [3.63, 3.8) is 0 Å². The van der Waals surface area contributed by atoms with E-state index >= 15 is 0 Å². The first-order chi connectivity index (χ1) is 16.7. The summed E-state index contributed by atoms with van der Waals surface area (Å²) in [6.45, 7) is 6.49. The maximum absolute atomic E-state index is 13.5. The van der Waals surface area contributed by atoms with Crippen LogP contribution in [-0.2, 0) is 7.05 Å². The van der Waals surface area contributed by atoms with E-state index in [2.05, 4.69) is 6.92 Å². The molecular weight excluding hydrogens is 487 g/mol. The average molecular weight is 515 g/mol. The minimum Gasteiger partial charge on any atom is -0.491 e. The number of carbonyl (C=O) groups is 2. The van der Waals surface area contributed by atoms with Crippen LogP contribution in [0.1, 0.15) is 72.5 Å². The van der Waals surface area contributed by atoms with Crippen molar-refractivity contribution >= 4 is 45.8 Å². The number of halogens is 2. The van der Waals surface area contributed by atoms with E-state index in [-0.39, 0.29) is 28.3 Å². The van der Waals surface area contributed by atoms with Gasteiger partial charge in [0.2, 0.25) is 0 Å². The highest BCUT2D eigenvalue weighted by atomic mass is 35.5. The van der Waals surface area contributed by atoms with E-state index in [0.29, 0.717) is 51.4 Å². The molecule has 1 aliphatic heterocycles. The molecule has 0 saturated carbocycles. The van der Waals surface area contributed by atoms with Crippen LogP contribution in [0.4, 0.5) is 0 Å². The van der Waals surface area contributed by atoms with E-state index in [1.165, 1.54) is 15.5 Å². The van der Waals surface area contributed by atoms with Crippen molar-refractivity contribution < 1.29 is 14.3 Å². The summed E-state index contributed by atoms with van der Waals surface area (Å²) in [4.78, 5) is 41.7. The highest BCUT2D eigenvalue weighted by Gasteiger charge is 2.42. The number of imide groups is 1. The van der Waals surface area contributed by atoms with E-state index in [0.717, 1.165) is 12.8 Å². The van der Waals surface area contributed by atoms with Gasteiger partial charge in [-0.05, 0) is 43.0 Å². The molecule has 0 N–H and O–H groups in total.